The van der Waals surface area contributed by atoms with E-state index in [4.69, 9.17) is 0 Å². The number of benzene rings is 2. The predicted octanol–water partition coefficient (Wildman–Crippen LogP) is 4.27. The van der Waals surface area contributed by atoms with Gasteiger partial charge in [-0.15, -0.1) is 0 Å². The van der Waals surface area contributed by atoms with Gasteiger partial charge in [-0.05, 0) is 66.6 Å². The lowest BCUT2D eigenvalue weighted by molar-refractivity contribution is 0.0931. The molecule has 1 amide bonds. The van der Waals surface area contributed by atoms with Crippen molar-refractivity contribution in [1.29, 1.82) is 0 Å². The summed E-state index contributed by atoms with van der Waals surface area (Å²) < 4.78 is 14.3. The summed E-state index contributed by atoms with van der Waals surface area (Å²) in [6, 6.07) is 10.1. The van der Waals surface area contributed by atoms with Crippen molar-refractivity contribution in [3.8, 4) is 0 Å². The molecule has 126 valence electrons. The number of carbonyl (C=O) groups is 1. The minimum absolute atomic E-state index is 0.117. The van der Waals surface area contributed by atoms with Gasteiger partial charge >= 0.3 is 0 Å². The van der Waals surface area contributed by atoms with E-state index in [2.05, 4.69) is 21.2 Å². The average Bonchev–Trinajstić information content (AvgIpc) is 3.39. The van der Waals surface area contributed by atoms with Gasteiger partial charge in [0.25, 0.3) is 5.91 Å². The van der Waals surface area contributed by atoms with Gasteiger partial charge in [0, 0.05) is 10.0 Å². The SMILES string of the molecule is Cc1cc([C@@H](NC(=O)c2cc(Br)cc(CO)c2)C2CC2)ccc1F. The molecule has 1 aliphatic rings. The molecular weight excluding hydrogens is 373 g/mol. The molecule has 1 aliphatic carbocycles. The van der Waals surface area contributed by atoms with Crippen molar-refractivity contribution in [1.82, 2.24) is 5.32 Å². The monoisotopic (exact) mass is 391 g/mol. The van der Waals surface area contributed by atoms with Crippen LogP contribution in [0.4, 0.5) is 4.39 Å². The summed E-state index contributed by atoms with van der Waals surface area (Å²) >= 11 is 3.36. The van der Waals surface area contributed by atoms with Crippen LogP contribution in [0.1, 0.15) is 45.9 Å². The van der Waals surface area contributed by atoms with E-state index in [0.717, 1.165) is 22.9 Å². The molecule has 1 fully saturated rings. The maximum atomic E-state index is 13.5. The van der Waals surface area contributed by atoms with Gasteiger partial charge in [-0.25, -0.2) is 4.39 Å². The Hall–Kier alpha value is -1.72. The van der Waals surface area contributed by atoms with Crippen molar-refractivity contribution in [2.45, 2.75) is 32.4 Å². The van der Waals surface area contributed by atoms with Crippen LogP contribution in [-0.4, -0.2) is 11.0 Å². The second kappa shape index (κ2) is 7.03. The number of aliphatic hydroxyl groups is 1. The molecule has 3 rings (SSSR count). The Bertz CT molecular complexity index is 774. The number of aliphatic hydroxyl groups excluding tert-OH is 1. The molecule has 24 heavy (non-hydrogen) atoms. The molecule has 2 N–H and O–H groups in total. The summed E-state index contributed by atoms with van der Waals surface area (Å²) in [4.78, 5) is 12.6. The Morgan fingerprint density at radius 2 is 2.08 bits per heavy atom. The topological polar surface area (TPSA) is 49.3 Å². The minimum Gasteiger partial charge on any atom is -0.392 e. The van der Waals surface area contributed by atoms with Crippen molar-refractivity contribution >= 4 is 21.8 Å². The van der Waals surface area contributed by atoms with Gasteiger partial charge in [-0.2, -0.15) is 0 Å². The molecule has 1 atom stereocenters. The number of nitrogens with one attached hydrogen (secondary N) is 1. The van der Waals surface area contributed by atoms with E-state index in [0.29, 0.717) is 22.6 Å². The van der Waals surface area contributed by atoms with Crippen molar-refractivity contribution in [2.75, 3.05) is 0 Å². The van der Waals surface area contributed by atoms with E-state index in [-0.39, 0.29) is 24.4 Å². The first-order valence-electron chi connectivity index (χ1n) is 7.95. The maximum absolute atomic E-state index is 13.5. The summed E-state index contributed by atoms with van der Waals surface area (Å²) in [5.74, 6) is -0.0349. The highest BCUT2D eigenvalue weighted by molar-refractivity contribution is 9.10. The van der Waals surface area contributed by atoms with Gasteiger partial charge in [0.05, 0.1) is 12.6 Å². The number of rotatable bonds is 5. The van der Waals surface area contributed by atoms with E-state index in [1.54, 1.807) is 37.3 Å². The van der Waals surface area contributed by atoms with Crippen LogP contribution < -0.4 is 5.32 Å². The zero-order valence-electron chi connectivity index (χ0n) is 13.4. The van der Waals surface area contributed by atoms with E-state index >= 15 is 0 Å². The summed E-state index contributed by atoms with van der Waals surface area (Å²) in [7, 11) is 0. The standard InChI is InChI=1S/C19H19BrFNO2/c1-11-6-14(4-5-17(11)21)18(13-2-3-13)22-19(24)15-7-12(10-23)8-16(20)9-15/h4-9,13,18,23H,2-3,10H2,1H3,(H,22,24)/t18-/m0/s1. The van der Waals surface area contributed by atoms with E-state index in [1.165, 1.54) is 6.07 Å². The number of amides is 1. The molecule has 0 saturated heterocycles. The fourth-order valence-corrected chi connectivity index (χ4v) is 3.40. The second-order valence-electron chi connectivity index (χ2n) is 6.30. The van der Waals surface area contributed by atoms with Crippen molar-refractivity contribution in [3.63, 3.8) is 0 Å². The molecule has 5 heteroatoms. The molecule has 0 heterocycles. The fraction of sp³-hybridized carbons (Fsp3) is 0.316. The van der Waals surface area contributed by atoms with Crippen LogP contribution in [0.25, 0.3) is 0 Å². The van der Waals surface area contributed by atoms with E-state index in [9.17, 15) is 14.3 Å². The quantitative estimate of drug-likeness (QED) is 0.799. The van der Waals surface area contributed by atoms with Crippen LogP contribution in [0.5, 0.6) is 0 Å². The molecule has 0 unspecified atom stereocenters. The van der Waals surface area contributed by atoms with Gasteiger partial charge in [0.15, 0.2) is 0 Å². The maximum Gasteiger partial charge on any atom is 0.251 e. The molecule has 0 spiro atoms. The zero-order chi connectivity index (χ0) is 17.3. The number of hydrogen-bond acceptors (Lipinski definition) is 2. The smallest absolute Gasteiger partial charge is 0.251 e. The van der Waals surface area contributed by atoms with Crippen LogP contribution in [-0.2, 0) is 6.61 Å². The van der Waals surface area contributed by atoms with Crippen LogP contribution in [0.3, 0.4) is 0 Å². The first-order chi connectivity index (χ1) is 11.5. The number of carbonyl (C=O) groups excluding carboxylic acids is 1. The Morgan fingerprint density at radius 1 is 1.33 bits per heavy atom. The predicted molar refractivity (Wildman–Crippen MR) is 94.1 cm³/mol. The molecule has 2 aromatic carbocycles. The molecule has 2 aromatic rings. The van der Waals surface area contributed by atoms with Crippen molar-refractivity contribution in [2.24, 2.45) is 5.92 Å². The highest BCUT2D eigenvalue weighted by atomic mass is 79.9. The average molecular weight is 392 g/mol. The summed E-state index contributed by atoms with van der Waals surface area (Å²) in [6.07, 6.45) is 2.11. The summed E-state index contributed by atoms with van der Waals surface area (Å²) in [5.41, 5.74) is 2.69. The third-order valence-electron chi connectivity index (χ3n) is 4.32. The number of aryl methyl sites for hydroxylation is 1. The van der Waals surface area contributed by atoms with Crippen LogP contribution in [0.15, 0.2) is 40.9 Å². The first kappa shape index (κ1) is 17.1. The molecule has 0 aliphatic heterocycles. The number of hydrogen-bond donors (Lipinski definition) is 2. The first-order valence-corrected chi connectivity index (χ1v) is 8.74. The molecular formula is C19H19BrFNO2. The highest BCUT2D eigenvalue weighted by Gasteiger charge is 2.33. The Balaban J connectivity index is 1.84. The lowest BCUT2D eigenvalue weighted by Gasteiger charge is -2.20. The van der Waals surface area contributed by atoms with E-state index < -0.39 is 0 Å². The van der Waals surface area contributed by atoms with Gasteiger partial charge in [-0.3, -0.25) is 4.79 Å². The molecule has 0 aromatic heterocycles. The molecule has 1 saturated carbocycles. The Labute approximate surface area is 149 Å². The molecule has 0 bridgehead atoms. The molecule has 3 nitrogen and oxygen atoms in total. The third kappa shape index (κ3) is 3.84. The fourth-order valence-electron chi connectivity index (χ4n) is 2.86. The largest absolute Gasteiger partial charge is 0.392 e. The highest BCUT2D eigenvalue weighted by Crippen LogP contribution is 2.41. The Morgan fingerprint density at radius 3 is 2.71 bits per heavy atom. The molecule has 0 radical (unpaired) electrons. The van der Waals surface area contributed by atoms with Crippen LogP contribution >= 0.6 is 15.9 Å². The Kier molecular flexibility index (Phi) is 5.01. The van der Waals surface area contributed by atoms with Crippen LogP contribution in [0, 0.1) is 18.7 Å². The number of halogens is 2. The summed E-state index contributed by atoms with van der Waals surface area (Å²) in [5, 5.41) is 12.4. The van der Waals surface area contributed by atoms with Gasteiger partial charge in [-0.1, -0.05) is 28.1 Å². The van der Waals surface area contributed by atoms with Gasteiger partial charge in [0.2, 0.25) is 0 Å². The van der Waals surface area contributed by atoms with Crippen LogP contribution in [0.2, 0.25) is 0 Å². The third-order valence-corrected chi connectivity index (χ3v) is 4.78. The summed E-state index contributed by atoms with van der Waals surface area (Å²) in [6.45, 7) is 1.61. The van der Waals surface area contributed by atoms with Gasteiger partial charge in [0.1, 0.15) is 5.82 Å². The normalized spacial score (nSPS) is 15.2. The minimum atomic E-state index is -0.237. The lowest BCUT2D eigenvalue weighted by Crippen LogP contribution is -2.30. The van der Waals surface area contributed by atoms with Gasteiger partial charge < -0.3 is 10.4 Å². The second-order valence-corrected chi connectivity index (χ2v) is 7.22. The lowest BCUT2D eigenvalue weighted by atomic mass is 9.99. The van der Waals surface area contributed by atoms with E-state index in [1.807, 2.05) is 0 Å². The zero-order valence-corrected chi connectivity index (χ0v) is 14.9. The van der Waals surface area contributed by atoms with Crippen molar-refractivity contribution < 1.29 is 14.3 Å². The van der Waals surface area contributed by atoms with Crippen molar-refractivity contribution in [3.05, 3.63) is 68.9 Å².